The highest BCUT2D eigenvalue weighted by atomic mass is 32.1. The number of thiophene rings is 1. The molecule has 1 aromatic heterocycles. The second-order valence-corrected chi connectivity index (χ2v) is 3.62. The molecule has 1 aromatic rings. The van der Waals surface area contributed by atoms with E-state index in [0.717, 1.165) is 11.3 Å². The van der Waals surface area contributed by atoms with Gasteiger partial charge >= 0.3 is 0 Å². The fraction of sp³-hybridized carbons (Fsp3) is 0.375. The van der Waals surface area contributed by atoms with Crippen LogP contribution in [0, 0.1) is 11.3 Å². The van der Waals surface area contributed by atoms with Crippen molar-refractivity contribution in [1.82, 2.24) is 0 Å². The highest BCUT2D eigenvalue weighted by molar-refractivity contribution is 7.12. The molecule has 2 unspecified atom stereocenters. The second kappa shape index (κ2) is 4.35. The molecule has 2 atom stereocenters. The summed E-state index contributed by atoms with van der Waals surface area (Å²) in [5.74, 6) is 0. The average Bonchev–Trinajstić information content (AvgIpc) is 2.63. The molecule has 0 radical (unpaired) electrons. The van der Waals surface area contributed by atoms with E-state index in [0.29, 0.717) is 9.75 Å². The number of hydrogen-bond acceptors (Lipinski definition) is 5. The van der Waals surface area contributed by atoms with Crippen LogP contribution in [-0.4, -0.2) is 28.0 Å². The largest absolute Gasteiger partial charge is 0.394 e. The molecule has 3 N–H and O–H groups in total. The standard InChI is InChI=1S/C8H9NO3S/c9-3-5-1-2-7(13-5)8(12)6(11)4-10/h1-2,6,8,10-12H,4H2. The van der Waals surface area contributed by atoms with Crippen LogP contribution in [0.25, 0.3) is 0 Å². The van der Waals surface area contributed by atoms with Crippen LogP contribution in [-0.2, 0) is 0 Å². The molecule has 0 aliphatic heterocycles. The van der Waals surface area contributed by atoms with Crippen molar-refractivity contribution in [1.29, 1.82) is 5.26 Å². The van der Waals surface area contributed by atoms with Gasteiger partial charge in [0.1, 0.15) is 23.2 Å². The molecule has 0 aromatic carbocycles. The summed E-state index contributed by atoms with van der Waals surface area (Å²) in [5.41, 5.74) is 0. The number of hydrogen-bond donors (Lipinski definition) is 3. The zero-order chi connectivity index (χ0) is 9.84. The van der Waals surface area contributed by atoms with Crippen LogP contribution in [0.1, 0.15) is 15.9 Å². The van der Waals surface area contributed by atoms with Crippen molar-refractivity contribution in [3.63, 3.8) is 0 Å². The molecule has 0 bridgehead atoms. The maximum absolute atomic E-state index is 9.39. The fourth-order valence-corrected chi connectivity index (χ4v) is 1.71. The van der Waals surface area contributed by atoms with E-state index in [1.54, 1.807) is 12.1 Å². The van der Waals surface area contributed by atoms with Crippen LogP contribution < -0.4 is 0 Å². The first-order chi connectivity index (χ1) is 6.19. The number of aliphatic hydroxyl groups is 3. The smallest absolute Gasteiger partial charge is 0.116 e. The summed E-state index contributed by atoms with van der Waals surface area (Å²) in [6.45, 7) is -0.499. The van der Waals surface area contributed by atoms with Crippen molar-refractivity contribution in [2.45, 2.75) is 12.2 Å². The van der Waals surface area contributed by atoms with Crippen molar-refractivity contribution in [2.24, 2.45) is 0 Å². The normalized spacial score (nSPS) is 14.9. The van der Waals surface area contributed by atoms with Crippen LogP contribution in [0.2, 0.25) is 0 Å². The molecule has 0 saturated heterocycles. The maximum atomic E-state index is 9.39. The van der Waals surface area contributed by atoms with E-state index in [-0.39, 0.29) is 0 Å². The van der Waals surface area contributed by atoms with Crippen LogP contribution in [0.15, 0.2) is 12.1 Å². The van der Waals surface area contributed by atoms with Gasteiger partial charge in [-0.2, -0.15) is 5.26 Å². The molecule has 70 valence electrons. The van der Waals surface area contributed by atoms with E-state index in [4.69, 9.17) is 15.5 Å². The van der Waals surface area contributed by atoms with Gasteiger partial charge in [-0.25, -0.2) is 0 Å². The minimum atomic E-state index is -1.19. The summed E-state index contributed by atoms with van der Waals surface area (Å²) in [7, 11) is 0. The Hall–Kier alpha value is -0.930. The van der Waals surface area contributed by atoms with Crippen molar-refractivity contribution in [3.8, 4) is 6.07 Å². The summed E-state index contributed by atoms with van der Waals surface area (Å²) in [5, 5.41) is 35.5. The monoisotopic (exact) mass is 199 g/mol. The van der Waals surface area contributed by atoms with E-state index in [9.17, 15) is 5.11 Å². The Bertz CT molecular complexity index is 317. The summed E-state index contributed by atoms with van der Waals surface area (Å²) >= 11 is 1.10. The van der Waals surface area contributed by atoms with E-state index < -0.39 is 18.8 Å². The first kappa shape index (κ1) is 10.2. The molecular weight excluding hydrogens is 190 g/mol. The van der Waals surface area contributed by atoms with Gasteiger partial charge in [0.15, 0.2) is 0 Å². The predicted octanol–water partition coefficient (Wildman–Crippen LogP) is 0.00638. The van der Waals surface area contributed by atoms with Crippen LogP contribution in [0.5, 0.6) is 0 Å². The lowest BCUT2D eigenvalue weighted by Crippen LogP contribution is -2.21. The molecular formula is C8H9NO3S. The Kier molecular flexibility index (Phi) is 3.39. The quantitative estimate of drug-likeness (QED) is 0.640. The summed E-state index contributed by atoms with van der Waals surface area (Å²) in [6.07, 6.45) is -2.30. The first-order valence-electron chi connectivity index (χ1n) is 3.66. The molecule has 1 rings (SSSR count). The van der Waals surface area contributed by atoms with Gasteiger partial charge in [0.05, 0.1) is 6.61 Å². The van der Waals surface area contributed by atoms with E-state index in [1.807, 2.05) is 6.07 Å². The lowest BCUT2D eigenvalue weighted by molar-refractivity contribution is -0.0135. The SMILES string of the molecule is N#Cc1ccc(C(O)C(O)CO)s1. The van der Waals surface area contributed by atoms with Gasteiger partial charge in [-0.05, 0) is 12.1 Å². The van der Waals surface area contributed by atoms with Crippen molar-refractivity contribution in [2.75, 3.05) is 6.61 Å². The van der Waals surface area contributed by atoms with E-state index >= 15 is 0 Å². The third-order valence-corrected chi connectivity index (χ3v) is 2.64. The lowest BCUT2D eigenvalue weighted by Gasteiger charge is -2.12. The summed E-state index contributed by atoms with van der Waals surface area (Å²) in [6, 6.07) is 5.05. The van der Waals surface area contributed by atoms with Crippen molar-refractivity contribution >= 4 is 11.3 Å². The zero-order valence-corrected chi connectivity index (χ0v) is 7.53. The molecule has 13 heavy (non-hydrogen) atoms. The lowest BCUT2D eigenvalue weighted by atomic mass is 10.2. The molecule has 0 saturated carbocycles. The molecule has 1 heterocycles. The van der Waals surface area contributed by atoms with E-state index in [1.165, 1.54) is 0 Å². The minimum Gasteiger partial charge on any atom is -0.394 e. The van der Waals surface area contributed by atoms with Gasteiger partial charge in [0, 0.05) is 4.88 Å². The predicted molar refractivity (Wildman–Crippen MR) is 47.1 cm³/mol. The molecule has 5 heteroatoms. The molecule has 0 spiro atoms. The molecule has 0 fully saturated rings. The second-order valence-electron chi connectivity index (χ2n) is 2.51. The number of nitriles is 1. The summed E-state index contributed by atoms with van der Waals surface area (Å²) in [4.78, 5) is 0.956. The molecule has 0 aliphatic rings. The first-order valence-corrected chi connectivity index (χ1v) is 4.47. The highest BCUT2D eigenvalue weighted by Gasteiger charge is 2.18. The number of nitrogens with zero attached hydrogens (tertiary/aromatic N) is 1. The Morgan fingerprint density at radius 3 is 2.62 bits per heavy atom. The third kappa shape index (κ3) is 2.26. The van der Waals surface area contributed by atoms with Gasteiger partial charge in [0.2, 0.25) is 0 Å². The topological polar surface area (TPSA) is 84.5 Å². The molecule has 0 amide bonds. The zero-order valence-electron chi connectivity index (χ0n) is 6.71. The van der Waals surface area contributed by atoms with Gasteiger partial charge < -0.3 is 15.3 Å². The maximum Gasteiger partial charge on any atom is 0.116 e. The average molecular weight is 199 g/mol. The molecule has 4 nitrogen and oxygen atoms in total. The van der Waals surface area contributed by atoms with Gasteiger partial charge in [-0.15, -0.1) is 11.3 Å². The minimum absolute atomic E-state index is 0.471. The Morgan fingerprint density at radius 1 is 1.46 bits per heavy atom. The van der Waals surface area contributed by atoms with Crippen molar-refractivity contribution in [3.05, 3.63) is 21.9 Å². The van der Waals surface area contributed by atoms with Gasteiger partial charge in [-0.1, -0.05) is 0 Å². The number of aliphatic hydroxyl groups excluding tert-OH is 3. The van der Waals surface area contributed by atoms with Crippen LogP contribution in [0.4, 0.5) is 0 Å². The number of rotatable bonds is 3. The summed E-state index contributed by atoms with van der Waals surface area (Å²) < 4.78 is 0. The highest BCUT2D eigenvalue weighted by Crippen LogP contribution is 2.24. The van der Waals surface area contributed by atoms with Crippen LogP contribution in [0.3, 0.4) is 0 Å². The van der Waals surface area contributed by atoms with Crippen molar-refractivity contribution < 1.29 is 15.3 Å². The van der Waals surface area contributed by atoms with Gasteiger partial charge in [-0.3, -0.25) is 0 Å². The Balaban J connectivity index is 2.78. The van der Waals surface area contributed by atoms with Crippen LogP contribution >= 0.6 is 11.3 Å². The third-order valence-electron chi connectivity index (χ3n) is 1.58. The fourth-order valence-electron chi connectivity index (χ4n) is 0.861. The van der Waals surface area contributed by atoms with Gasteiger partial charge in [0.25, 0.3) is 0 Å². The Morgan fingerprint density at radius 2 is 2.15 bits per heavy atom. The Labute approximate surface area is 79.3 Å². The van der Waals surface area contributed by atoms with E-state index in [2.05, 4.69) is 0 Å². The molecule has 0 aliphatic carbocycles.